The van der Waals surface area contributed by atoms with Crippen LogP contribution in [-0.2, 0) is 66.9 Å². The average Bonchev–Trinajstić information content (AvgIpc) is 1.29. The lowest BCUT2D eigenvalue weighted by atomic mass is 9.94. The third-order valence-electron chi connectivity index (χ3n) is 14.6. The van der Waals surface area contributed by atoms with Crippen molar-refractivity contribution in [2.24, 2.45) is 11.5 Å². The normalized spacial score (nSPS) is 24.4. The van der Waals surface area contributed by atoms with Crippen LogP contribution in [0.5, 0.6) is 0 Å². The van der Waals surface area contributed by atoms with Gasteiger partial charge >= 0.3 is 5.97 Å². The van der Waals surface area contributed by atoms with E-state index in [1.54, 1.807) is 0 Å². The van der Waals surface area contributed by atoms with Crippen molar-refractivity contribution < 1.29 is 97.5 Å². The lowest BCUT2D eigenvalue weighted by Gasteiger charge is -2.48. The van der Waals surface area contributed by atoms with Crippen LogP contribution in [0.25, 0.3) is 0 Å². The van der Waals surface area contributed by atoms with E-state index in [4.69, 9.17) is 30.4 Å². The van der Waals surface area contributed by atoms with Crippen molar-refractivity contribution in [2.45, 2.75) is 274 Å². The highest BCUT2D eigenvalue weighted by Crippen LogP contribution is 2.31. The molecule has 0 spiro atoms. The fraction of sp³-hybridized carbons (Fsp3) is 0.818. The van der Waals surface area contributed by atoms with Crippen LogP contribution in [0, 0.1) is 0 Å². The summed E-state index contributed by atoms with van der Waals surface area (Å²) in [5, 5.41) is 78.8. The number of hydrogen-bond donors (Lipinski definition) is 15. The molecule has 0 bridgehead atoms. The summed E-state index contributed by atoms with van der Waals surface area (Å²) in [5.74, 6) is -8.81. The summed E-state index contributed by atoms with van der Waals surface area (Å²) in [6.45, 7) is 6.29. The number of hydrogen-bond acceptors (Lipinski definition) is 19. The van der Waals surface area contributed by atoms with Crippen LogP contribution in [0.15, 0.2) is 0 Å². The largest absolute Gasteiger partial charge is 0.480 e. The Morgan fingerprint density at radius 3 is 1.50 bits per heavy atom. The number of unbranched alkanes of at least 4 members (excludes halogenated alkanes) is 14. The van der Waals surface area contributed by atoms with E-state index in [0.29, 0.717) is 6.42 Å². The van der Waals surface area contributed by atoms with E-state index in [9.17, 15) is 78.6 Å². The minimum atomic E-state index is -1.90. The van der Waals surface area contributed by atoms with Gasteiger partial charge in [0.05, 0.1) is 13.2 Å². The van der Waals surface area contributed by atoms with E-state index in [1.807, 2.05) is 0 Å². The number of aliphatic hydroxyl groups excluding tert-OH is 5. The third-order valence-corrected chi connectivity index (χ3v) is 14.6. The van der Waals surface area contributed by atoms with E-state index in [2.05, 4.69) is 44.1 Å². The summed E-state index contributed by atoms with van der Waals surface area (Å²) in [4.78, 5) is 127. The van der Waals surface area contributed by atoms with Gasteiger partial charge in [-0.2, -0.15) is 0 Å². The van der Waals surface area contributed by atoms with Gasteiger partial charge in [-0.25, -0.2) is 0 Å². The van der Waals surface area contributed by atoms with Gasteiger partial charge in [0.15, 0.2) is 12.6 Å². The Kier molecular flexibility index (Phi) is 35.3. The zero-order valence-electron chi connectivity index (χ0n) is 49.6. The van der Waals surface area contributed by atoms with Crippen LogP contribution in [0.4, 0.5) is 0 Å². The standard InChI is InChI=1S/C55H97N9O20/c1-7-8-9-10-11-12-13-14-15-16-17-18-19-20-21-25-40(69)62-35(48(56)73)23-22-24-37(52(77)59-31(3)53(78)79)63-41(70)27-26-36(49(57)74)64-50(75)30(2)58-51(76)32(4)81-47-43(61-34(6)68)54(80)82-39(29-66)46(47)84-55-42(60-33(5)67)45(72)44(71)38(28-65)83-55/h30-32,35-39,42-47,54-55,65-66,71-72,80H,7-29H2,1-6H3,(H2,56,73)(H2,57,74)(H,58,76)(H,59,77)(H,60,67)(H,61,68)(H,62,69)(H,63,70)(H,64,75)(H,78,79)/t30?,31?,32?,35?,36?,37?,38-,39-,42-,43-,44-,45-,46-,47-,54-,55-/m1/s1. The minimum Gasteiger partial charge on any atom is -0.480 e. The summed E-state index contributed by atoms with van der Waals surface area (Å²) >= 11 is 0. The number of amides is 9. The number of carboxylic acid groups (broad SMARTS) is 1. The summed E-state index contributed by atoms with van der Waals surface area (Å²) in [6, 6.07) is -9.89. The fourth-order valence-corrected chi connectivity index (χ4v) is 9.72. The number of aliphatic carboxylic acids is 1. The zero-order valence-corrected chi connectivity index (χ0v) is 49.6. The summed E-state index contributed by atoms with van der Waals surface area (Å²) in [6.07, 6.45) is 1.62. The number of aliphatic hydroxyl groups is 5. The molecule has 2 aliphatic rings. The molecule has 2 aliphatic heterocycles. The Labute approximate surface area is 491 Å². The fourth-order valence-electron chi connectivity index (χ4n) is 9.72. The van der Waals surface area contributed by atoms with Gasteiger partial charge in [0.25, 0.3) is 0 Å². The van der Waals surface area contributed by atoms with Crippen molar-refractivity contribution in [3.8, 4) is 0 Å². The second-order valence-electron chi connectivity index (χ2n) is 21.8. The molecule has 6 unspecified atom stereocenters. The molecule has 84 heavy (non-hydrogen) atoms. The van der Waals surface area contributed by atoms with Crippen molar-refractivity contribution in [3.63, 3.8) is 0 Å². The Morgan fingerprint density at radius 2 is 0.988 bits per heavy atom. The average molecular weight is 1200 g/mol. The van der Waals surface area contributed by atoms with Crippen LogP contribution in [-0.4, -0.2) is 201 Å². The van der Waals surface area contributed by atoms with Crippen LogP contribution in [0.3, 0.4) is 0 Å². The van der Waals surface area contributed by atoms with Gasteiger partial charge in [-0.05, 0) is 52.9 Å². The number of carboxylic acids is 1. The molecule has 9 amide bonds. The van der Waals surface area contributed by atoms with Gasteiger partial charge in [0, 0.05) is 26.7 Å². The number of primary amides is 2. The maximum absolute atomic E-state index is 13.6. The number of nitrogens with one attached hydrogen (secondary N) is 7. The van der Waals surface area contributed by atoms with Gasteiger partial charge in [-0.15, -0.1) is 0 Å². The van der Waals surface area contributed by atoms with E-state index >= 15 is 0 Å². The molecule has 0 aromatic rings. The molecule has 2 heterocycles. The van der Waals surface area contributed by atoms with Gasteiger partial charge < -0.3 is 98.3 Å². The summed E-state index contributed by atoms with van der Waals surface area (Å²) in [7, 11) is 0. The lowest BCUT2D eigenvalue weighted by molar-refractivity contribution is -0.333. The number of carbonyl (C=O) groups excluding carboxylic acids is 9. The number of nitrogens with two attached hydrogens (primary N) is 2. The first-order chi connectivity index (χ1) is 39.8. The van der Waals surface area contributed by atoms with Crippen LogP contribution in [0.2, 0.25) is 0 Å². The Morgan fingerprint density at radius 1 is 0.512 bits per heavy atom. The molecular weight excluding hydrogens is 1110 g/mol. The smallest absolute Gasteiger partial charge is 0.325 e. The first-order valence-corrected chi connectivity index (χ1v) is 29.5. The highest BCUT2D eigenvalue weighted by atomic mass is 16.7. The second kappa shape index (κ2) is 39.9. The minimum absolute atomic E-state index is 0.0269. The van der Waals surface area contributed by atoms with E-state index in [-0.39, 0.29) is 31.6 Å². The monoisotopic (exact) mass is 1200 g/mol. The summed E-state index contributed by atoms with van der Waals surface area (Å²) < 4.78 is 23.3. The van der Waals surface area contributed by atoms with Crippen molar-refractivity contribution in [2.75, 3.05) is 13.2 Å². The predicted octanol–water partition coefficient (Wildman–Crippen LogP) is -1.97. The molecule has 2 rings (SSSR count). The molecular formula is C55H97N9O20. The Balaban J connectivity index is 2.04. The van der Waals surface area contributed by atoms with Gasteiger partial charge in [0.1, 0.15) is 85.0 Å². The van der Waals surface area contributed by atoms with Crippen LogP contribution in [0.1, 0.15) is 176 Å². The Bertz CT molecular complexity index is 2090. The predicted molar refractivity (Wildman–Crippen MR) is 300 cm³/mol. The van der Waals surface area contributed by atoms with E-state index < -0.39 is 177 Å². The first-order valence-electron chi connectivity index (χ1n) is 29.5. The van der Waals surface area contributed by atoms with Crippen molar-refractivity contribution in [1.82, 2.24) is 37.2 Å². The zero-order chi connectivity index (χ0) is 63.1. The molecule has 0 aliphatic carbocycles. The van der Waals surface area contributed by atoms with Crippen LogP contribution < -0.4 is 48.7 Å². The van der Waals surface area contributed by atoms with E-state index in [1.165, 1.54) is 85.0 Å². The SMILES string of the molecule is CCCCCCCCCCCCCCCCCC(=O)NC(CCCC(NC(=O)CCC(NC(=O)C(C)NC(=O)C(C)O[C@@H]1[C@@H](NC(C)=O)[C@H](O)O[C@H](CO)[C@H]1O[C@H]1O[C@H](CO)[C@@H](O)[C@H](O)[C@H]1NC(C)=O)C(N)=O)C(=O)NC(C)C(=O)O)C(N)=O. The highest BCUT2D eigenvalue weighted by molar-refractivity contribution is 5.93. The maximum atomic E-state index is 13.6. The van der Waals surface area contributed by atoms with Gasteiger partial charge in [0.2, 0.25) is 53.2 Å². The molecule has 29 heteroatoms. The maximum Gasteiger partial charge on any atom is 0.325 e. The van der Waals surface area contributed by atoms with E-state index in [0.717, 1.165) is 39.5 Å². The molecule has 17 N–H and O–H groups in total. The first kappa shape index (κ1) is 74.4. The van der Waals surface area contributed by atoms with Crippen LogP contribution >= 0.6 is 0 Å². The van der Waals surface area contributed by atoms with Gasteiger partial charge in [-0.3, -0.25) is 47.9 Å². The second-order valence-corrected chi connectivity index (χ2v) is 21.8. The highest BCUT2D eigenvalue weighted by Gasteiger charge is 2.53. The van der Waals surface area contributed by atoms with Crippen molar-refractivity contribution in [3.05, 3.63) is 0 Å². The molecule has 16 atom stereocenters. The van der Waals surface area contributed by atoms with Crippen molar-refractivity contribution in [1.29, 1.82) is 0 Å². The molecule has 0 radical (unpaired) electrons. The molecule has 0 aromatic carbocycles. The third kappa shape index (κ3) is 27.1. The number of carbonyl (C=O) groups is 10. The summed E-state index contributed by atoms with van der Waals surface area (Å²) in [5.41, 5.74) is 11.2. The molecule has 482 valence electrons. The molecule has 29 nitrogen and oxygen atoms in total. The van der Waals surface area contributed by atoms with Crippen molar-refractivity contribution >= 4 is 59.1 Å². The molecule has 0 aromatic heterocycles. The molecule has 2 fully saturated rings. The van der Waals surface area contributed by atoms with Gasteiger partial charge in [-0.1, -0.05) is 96.8 Å². The molecule has 2 saturated heterocycles. The molecule has 0 saturated carbocycles. The lowest BCUT2D eigenvalue weighted by Crippen LogP contribution is -2.70. The topological polar surface area (TPSA) is 465 Å². The quantitative estimate of drug-likeness (QED) is 0.0295. The number of ether oxygens (including phenoxy) is 4. The Hall–Kier alpha value is -5.66. The number of rotatable bonds is 42.